The van der Waals surface area contributed by atoms with Gasteiger partial charge in [-0.3, -0.25) is 4.79 Å². The minimum absolute atomic E-state index is 0.0453. The van der Waals surface area contributed by atoms with Crippen molar-refractivity contribution in [2.45, 2.75) is 78.1 Å². The number of esters is 1. The molecule has 0 aliphatic rings. The molecule has 0 saturated heterocycles. The van der Waals surface area contributed by atoms with Crippen molar-refractivity contribution in [1.82, 2.24) is 0 Å². The summed E-state index contributed by atoms with van der Waals surface area (Å²) in [5.74, 6) is -0.129. The Morgan fingerprint density at radius 1 is 1.05 bits per heavy atom. The van der Waals surface area contributed by atoms with Crippen molar-refractivity contribution in [2.75, 3.05) is 6.61 Å². The van der Waals surface area contributed by atoms with Crippen molar-refractivity contribution in [2.24, 2.45) is 5.92 Å². The van der Waals surface area contributed by atoms with Gasteiger partial charge in [0.2, 0.25) is 0 Å². The lowest BCUT2D eigenvalue weighted by Gasteiger charge is -2.09. The molecule has 0 fully saturated rings. The molecule has 1 atom stereocenters. The summed E-state index contributed by atoms with van der Waals surface area (Å²) in [7, 11) is 0. The third-order valence-electron chi connectivity index (χ3n) is 3.41. The van der Waals surface area contributed by atoms with Gasteiger partial charge in [0.15, 0.2) is 0 Å². The largest absolute Gasteiger partial charge is 0.465 e. The average molecular weight is 268 g/mol. The van der Waals surface area contributed by atoms with Crippen LogP contribution >= 0.6 is 0 Å². The van der Waals surface area contributed by atoms with E-state index in [9.17, 15) is 4.79 Å². The number of hydrogen-bond acceptors (Lipinski definition) is 2. The Morgan fingerprint density at radius 3 is 2.11 bits per heavy atom. The van der Waals surface area contributed by atoms with E-state index in [0.717, 1.165) is 6.42 Å². The molecule has 0 heterocycles. The molecule has 2 nitrogen and oxygen atoms in total. The number of hydrogen-bond donors (Lipinski definition) is 0. The monoisotopic (exact) mass is 268 g/mol. The van der Waals surface area contributed by atoms with Crippen LogP contribution in [0.15, 0.2) is 12.7 Å². The van der Waals surface area contributed by atoms with E-state index in [0.29, 0.717) is 13.0 Å². The van der Waals surface area contributed by atoms with E-state index in [1.165, 1.54) is 51.4 Å². The van der Waals surface area contributed by atoms with Gasteiger partial charge in [0.25, 0.3) is 0 Å². The SMILES string of the molecule is C=CCC(C)C(=O)OCCCCCCCCCCC. The molecule has 0 N–H and O–H groups in total. The molecule has 0 rings (SSSR count). The van der Waals surface area contributed by atoms with Crippen LogP contribution in [0.5, 0.6) is 0 Å². The molecule has 0 aromatic heterocycles. The fraction of sp³-hybridized carbons (Fsp3) is 0.824. The quantitative estimate of drug-likeness (QED) is 0.258. The molecule has 0 aliphatic carbocycles. The maximum absolute atomic E-state index is 11.5. The van der Waals surface area contributed by atoms with Crippen molar-refractivity contribution < 1.29 is 9.53 Å². The fourth-order valence-electron chi connectivity index (χ4n) is 2.07. The maximum atomic E-state index is 11.5. The first-order valence-corrected chi connectivity index (χ1v) is 7.99. The molecule has 0 aromatic carbocycles. The molecule has 2 heteroatoms. The van der Waals surface area contributed by atoms with Crippen LogP contribution in [0.25, 0.3) is 0 Å². The molecule has 1 unspecified atom stereocenters. The molecule has 0 aliphatic heterocycles. The van der Waals surface area contributed by atoms with Crippen LogP contribution in [0.2, 0.25) is 0 Å². The second kappa shape index (κ2) is 13.6. The van der Waals surface area contributed by atoms with Gasteiger partial charge in [-0.1, -0.05) is 71.3 Å². The highest BCUT2D eigenvalue weighted by Gasteiger charge is 2.11. The number of allylic oxidation sites excluding steroid dienone is 1. The zero-order valence-corrected chi connectivity index (χ0v) is 13.0. The van der Waals surface area contributed by atoms with E-state index in [2.05, 4.69) is 13.5 Å². The van der Waals surface area contributed by atoms with Crippen LogP contribution in [-0.4, -0.2) is 12.6 Å². The molecule has 19 heavy (non-hydrogen) atoms. The lowest BCUT2D eigenvalue weighted by atomic mass is 10.1. The summed E-state index contributed by atoms with van der Waals surface area (Å²) >= 11 is 0. The van der Waals surface area contributed by atoms with Gasteiger partial charge in [-0.05, 0) is 12.8 Å². The molecule has 0 radical (unpaired) electrons. The maximum Gasteiger partial charge on any atom is 0.308 e. The van der Waals surface area contributed by atoms with E-state index in [1.54, 1.807) is 6.08 Å². The Morgan fingerprint density at radius 2 is 1.58 bits per heavy atom. The standard InChI is InChI=1S/C17H32O2/c1-4-6-7-8-9-10-11-12-13-15-19-17(18)16(3)14-5-2/h5,16H,2,4,6-15H2,1,3H3. The predicted octanol–water partition coefficient (Wildman–Crippen LogP) is 5.27. The third kappa shape index (κ3) is 12.0. The van der Waals surface area contributed by atoms with Crippen LogP contribution < -0.4 is 0 Å². The summed E-state index contributed by atoms with van der Waals surface area (Å²) in [5.41, 5.74) is 0. The molecule has 0 spiro atoms. The van der Waals surface area contributed by atoms with Gasteiger partial charge in [0, 0.05) is 0 Å². The second-order valence-corrected chi connectivity index (χ2v) is 5.42. The van der Waals surface area contributed by atoms with Crippen LogP contribution in [0.3, 0.4) is 0 Å². The highest BCUT2D eigenvalue weighted by molar-refractivity contribution is 5.72. The van der Waals surface area contributed by atoms with Crippen molar-refractivity contribution in [1.29, 1.82) is 0 Å². The Balaban J connectivity index is 3.22. The molecule has 0 bridgehead atoms. The Labute approximate surface area is 119 Å². The number of carbonyl (C=O) groups is 1. The Hall–Kier alpha value is -0.790. The van der Waals surface area contributed by atoms with Crippen LogP contribution in [0.4, 0.5) is 0 Å². The molecular weight excluding hydrogens is 236 g/mol. The summed E-state index contributed by atoms with van der Waals surface area (Å²) in [5, 5.41) is 0. The molecule has 112 valence electrons. The normalized spacial score (nSPS) is 12.1. The molecular formula is C17H32O2. The first-order valence-electron chi connectivity index (χ1n) is 7.99. The van der Waals surface area contributed by atoms with E-state index < -0.39 is 0 Å². The lowest BCUT2D eigenvalue weighted by Crippen LogP contribution is -2.14. The smallest absolute Gasteiger partial charge is 0.308 e. The molecule has 0 amide bonds. The van der Waals surface area contributed by atoms with Crippen molar-refractivity contribution in [3.63, 3.8) is 0 Å². The minimum atomic E-state index is -0.0838. The van der Waals surface area contributed by atoms with Crippen molar-refractivity contribution in [3.8, 4) is 0 Å². The first kappa shape index (κ1) is 18.2. The Kier molecular flexibility index (Phi) is 13.1. The average Bonchev–Trinajstić information content (AvgIpc) is 2.41. The van der Waals surface area contributed by atoms with Crippen molar-refractivity contribution in [3.05, 3.63) is 12.7 Å². The second-order valence-electron chi connectivity index (χ2n) is 5.42. The fourth-order valence-corrected chi connectivity index (χ4v) is 2.07. The summed E-state index contributed by atoms with van der Waals surface area (Å²) in [6.07, 6.45) is 14.1. The van der Waals surface area contributed by atoms with Crippen LogP contribution in [0.1, 0.15) is 78.1 Å². The molecule has 0 saturated carbocycles. The summed E-state index contributed by atoms with van der Waals surface area (Å²) in [6, 6.07) is 0. The summed E-state index contributed by atoms with van der Waals surface area (Å²) in [6.45, 7) is 8.35. The van der Waals surface area contributed by atoms with Gasteiger partial charge in [-0.2, -0.15) is 0 Å². The topological polar surface area (TPSA) is 26.3 Å². The highest BCUT2D eigenvalue weighted by Crippen LogP contribution is 2.10. The van der Waals surface area contributed by atoms with Gasteiger partial charge >= 0.3 is 5.97 Å². The van der Waals surface area contributed by atoms with E-state index in [-0.39, 0.29) is 11.9 Å². The van der Waals surface area contributed by atoms with Gasteiger partial charge in [-0.25, -0.2) is 0 Å². The highest BCUT2D eigenvalue weighted by atomic mass is 16.5. The number of unbranched alkanes of at least 4 members (excludes halogenated alkanes) is 8. The number of ether oxygens (including phenoxy) is 1. The minimum Gasteiger partial charge on any atom is -0.465 e. The number of rotatable bonds is 13. The van der Waals surface area contributed by atoms with Gasteiger partial charge in [0.05, 0.1) is 12.5 Å². The predicted molar refractivity (Wildman–Crippen MR) is 82.2 cm³/mol. The number of carbonyl (C=O) groups excluding carboxylic acids is 1. The van der Waals surface area contributed by atoms with Crippen LogP contribution in [-0.2, 0) is 9.53 Å². The van der Waals surface area contributed by atoms with E-state index in [1.807, 2.05) is 6.92 Å². The van der Waals surface area contributed by atoms with Gasteiger partial charge in [-0.15, -0.1) is 6.58 Å². The van der Waals surface area contributed by atoms with E-state index >= 15 is 0 Å². The van der Waals surface area contributed by atoms with Gasteiger partial charge < -0.3 is 4.74 Å². The van der Waals surface area contributed by atoms with Crippen molar-refractivity contribution >= 4 is 5.97 Å². The third-order valence-corrected chi connectivity index (χ3v) is 3.41. The first-order chi connectivity index (χ1) is 9.22. The lowest BCUT2D eigenvalue weighted by molar-refractivity contribution is -0.147. The van der Waals surface area contributed by atoms with Gasteiger partial charge in [0.1, 0.15) is 0 Å². The van der Waals surface area contributed by atoms with E-state index in [4.69, 9.17) is 4.74 Å². The van der Waals surface area contributed by atoms with Crippen LogP contribution in [0, 0.1) is 5.92 Å². The summed E-state index contributed by atoms with van der Waals surface area (Å²) in [4.78, 5) is 11.5. The zero-order chi connectivity index (χ0) is 14.3. The summed E-state index contributed by atoms with van der Waals surface area (Å²) < 4.78 is 5.23. The zero-order valence-electron chi connectivity index (χ0n) is 13.0. The molecule has 0 aromatic rings. The Bertz CT molecular complexity index is 223.